The molecule has 1 heterocycles. The maximum absolute atomic E-state index is 13.1. The maximum atomic E-state index is 13.1. The number of hydrogen-bond donors (Lipinski definition) is 1. The first-order valence-corrected chi connectivity index (χ1v) is 13.8. The van der Waals surface area contributed by atoms with Crippen molar-refractivity contribution in [1.29, 1.82) is 0 Å². The number of nitrogens with zero attached hydrogens (tertiary/aromatic N) is 3. The molecule has 0 aromatic heterocycles. The molecule has 3 aromatic carbocycles. The van der Waals surface area contributed by atoms with E-state index in [1.54, 1.807) is 48.5 Å². The van der Waals surface area contributed by atoms with Crippen LogP contribution in [0, 0.1) is 17.0 Å². The van der Waals surface area contributed by atoms with Gasteiger partial charge in [0.1, 0.15) is 5.02 Å². The Balaban J connectivity index is 1.47. The van der Waals surface area contributed by atoms with Crippen LogP contribution in [-0.2, 0) is 14.8 Å². The average molecular weight is 575 g/mol. The first kappa shape index (κ1) is 27.6. The van der Waals surface area contributed by atoms with Gasteiger partial charge in [-0.3, -0.25) is 14.9 Å². The molecule has 1 N–H and O–H groups in total. The smallest absolute Gasteiger partial charge is 0.288 e. The predicted molar refractivity (Wildman–Crippen MR) is 149 cm³/mol. The molecule has 4 rings (SSSR count). The Bertz CT molecular complexity index is 1500. The summed E-state index contributed by atoms with van der Waals surface area (Å²) in [7, 11) is -3.62. The molecule has 38 heavy (non-hydrogen) atoms. The SMILES string of the molecule is Cc1ccc(S(=O)(=O)N2CCN(c3c(Cl)cccc3NC(=O)/C=C/c3ccc(Cl)c([N+](=O)[O-])c3)CC2)cc1. The zero-order chi connectivity index (χ0) is 27.4. The van der Waals surface area contributed by atoms with Gasteiger partial charge in [0.25, 0.3) is 5.69 Å². The van der Waals surface area contributed by atoms with Crippen molar-refractivity contribution in [2.24, 2.45) is 0 Å². The summed E-state index contributed by atoms with van der Waals surface area (Å²) in [5.74, 6) is -0.466. The number of rotatable bonds is 7. The fourth-order valence-corrected chi connectivity index (χ4v) is 5.97. The zero-order valence-corrected chi connectivity index (χ0v) is 22.6. The van der Waals surface area contributed by atoms with Crippen molar-refractivity contribution < 1.29 is 18.1 Å². The van der Waals surface area contributed by atoms with E-state index in [0.29, 0.717) is 35.1 Å². The minimum Gasteiger partial charge on any atom is -0.366 e. The number of anilines is 2. The number of halogens is 2. The molecule has 1 fully saturated rings. The van der Waals surface area contributed by atoms with Gasteiger partial charge < -0.3 is 10.2 Å². The number of carbonyl (C=O) groups is 1. The van der Waals surface area contributed by atoms with Gasteiger partial charge >= 0.3 is 0 Å². The van der Waals surface area contributed by atoms with Crippen LogP contribution in [-0.4, -0.2) is 49.7 Å². The number of amides is 1. The molecule has 1 aliphatic heterocycles. The molecule has 198 valence electrons. The van der Waals surface area contributed by atoms with Crippen LogP contribution < -0.4 is 10.2 Å². The fraction of sp³-hybridized carbons (Fsp3) is 0.192. The number of nitrogens with one attached hydrogen (secondary N) is 1. The highest BCUT2D eigenvalue weighted by Crippen LogP contribution is 2.35. The highest BCUT2D eigenvalue weighted by molar-refractivity contribution is 7.89. The number of hydrogen-bond acceptors (Lipinski definition) is 6. The van der Waals surface area contributed by atoms with Gasteiger partial charge in [0, 0.05) is 38.3 Å². The highest BCUT2D eigenvalue weighted by Gasteiger charge is 2.30. The number of para-hydroxylation sites is 1. The molecule has 0 radical (unpaired) electrons. The fourth-order valence-electron chi connectivity index (χ4n) is 4.07. The van der Waals surface area contributed by atoms with Gasteiger partial charge in [-0.05, 0) is 48.9 Å². The lowest BCUT2D eigenvalue weighted by atomic mass is 10.2. The van der Waals surface area contributed by atoms with Crippen molar-refractivity contribution in [3.05, 3.63) is 98.0 Å². The van der Waals surface area contributed by atoms with Crippen molar-refractivity contribution in [2.75, 3.05) is 36.4 Å². The van der Waals surface area contributed by atoms with E-state index in [-0.39, 0.29) is 28.7 Å². The molecule has 0 spiro atoms. The summed E-state index contributed by atoms with van der Waals surface area (Å²) in [5.41, 5.74) is 2.21. The number of piperazine rings is 1. The standard InChI is InChI=1S/C26H24Cl2N4O5S/c1-18-5-9-20(10-6-18)38(36,37)31-15-13-30(14-16-31)26-22(28)3-2-4-23(26)29-25(33)12-8-19-7-11-21(27)24(17-19)32(34)35/h2-12,17H,13-16H2,1H3,(H,29,33)/b12-8+. The van der Waals surface area contributed by atoms with Crippen LogP contribution in [0.1, 0.15) is 11.1 Å². The summed E-state index contributed by atoms with van der Waals surface area (Å²) in [5, 5.41) is 14.3. The van der Waals surface area contributed by atoms with Crippen LogP contribution in [0.25, 0.3) is 6.08 Å². The number of aryl methyl sites for hydroxylation is 1. The van der Waals surface area contributed by atoms with Gasteiger partial charge in [0.15, 0.2) is 0 Å². The number of sulfonamides is 1. The average Bonchev–Trinajstić information content (AvgIpc) is 2.88. The number of nitro groups is 1. The number of benzene rings is 3. The molecule has 0 unspecified atom stereocenters. The molecular formula is C26H24Cl2N4O5S. The Morgan fingerprint density at radius 1 is 1.00 bits per heavy atom. The third-order valence-electron chi connectivity index (χ3n) is 6.05. The van der Waals surface area contributed by atoms with E-state index < -0.39 is 20.9 Å². The van der Waals surface area contributed by atoms with E-state index in [1.807, 2.05) is 11.8 Å². The van der Waals surface area contributed by atoms with Gasteiger partial charge in [-0.2, -0.15) is 4.31 Å². The van der Waals surface area contributed by atoms with E-state index in [0.717, 1.165) is 5.56 Å². The van der Waals surface area contributed by atoms with Gasteiger partial charge in [0.05, 0.1) is 26.2 Å². The summed E-state index contributed by atoms with van der Waals surface area (Å²) in [4.78, 5) is 25.4. The van der Waals surface area contributed by atoms with E-state index in [1.165, 1.54) is 28.6 Å². The van der Waals surface area contributed by atoms with E-state index in [9.17, 15) is 23.3 Å². The van der Waals surface area contributed by atoms with E-state index >= 15 is 0 Å². The van der Waals surface area contributed by atoms with Crippen LogP contribution in [0.2, 0.25) is 10.0 Å². The Hall–Kier alpha value is -3.44. The lowest BCUT2D eigenvalue weighted by Gasteiger charge is -2.36. The largest absolute Gasteiger partial charge is 0.366 e. The molecule has 3 aromatic rings. The maximum Gasteiger partial charge on any atom is 0.288 e. The molecule has 12 heteroatoms. The van der Waals surface area contributed by atoms with Crippen LogP contribution in [0.3, 0.4) is 0 Å². The minimum atomic E-state index is -3.62. The van der Waals surface area contributed by atoms with Gasteiger partial charge in [-0.1, -0.05) is 53.0 Å². The molecule has 1 aliphatic rings. The van der Waals surface area contributed by atoms with Crippen LogP contribution >= 0.6 is 23.2 Å². The Labute approximate surface area is 230 Å². The van der Waals surface area contributed by atoms with E-state index in [2.05, 4.69) is 5.32 Å². The van der Waals surface area contributed by atoms with Gasteiger partial charge in [-0.25, -0.2) is 8.42 Å². The highest BCUT2D eigenvalue weighted by atomic mass is 35.5. The second kappa shape index (κ2) is 11.5. The molecule has 0 atom stereocenters. The molecule has 1 amide bonds. The lowest BCUT2D eigenvalue weighted by molar-refractivity contribution is -0.384. The van der Waals surface area contributed by atoms with Crippen molar-refractivity contribution in [3.63, 3.8) is 0 Å². The number of nitro benzene ring substituents is 1. The third kappa shape index (κ3) is 6.16. The predicted octanol–water partition coefficient (Wildman–Crippen LogP) is 5.37. The van der Waals surface area contributed by atoms with Crippen LogP contribution in [0.5, 0.6) is 0 Å². The topological polar surface area (TPSA) is 113 Å². The van der Waals surface area contributed by atoms with Crippen molar-refractivity contribution in [2.45, 2.75) is 11.8 Å². The van der Waals surface area contributed by atoms with Crippen molar-refractivity contribution in [3.8, 4) is 0 Å². The third-order valence-corrected chi connectivity index (χ3v) is 8.59. The molecule has 1 saturated heterocycles. The van der Waals surface area contributed by atoms with Crippen LogP contribution in [0.4, 0.5) is 17.1 Å². The quantitative estimate of drug-likeness (QED) is 0.230. The molecule has 9 nitrogen and oxygen atoms in total. The van der Waals surface area contributed by atoms with Crippen molar-refractivity contribution in [1.82, 2.24) is 4.31 Å². The summed E-state index contributed by atoms with van der Waals surface area (Å²) in [6, 6.07) is 16.1. The first-order valence-electron chi connectivity index (χ1n) is 11.6. The second-order valence-corrected chi connectivity index (χ2v) is 11.4. The normalized spacial score (nSPS) is 14.6. The van der Waals surface area contributed by atoms with E-state index in [4.69, 9.17) is 23.2 Å². The van der Waals surface area contributed by atoms with Crippen molar-refractivity contribution >= 4 is 62.3 Å². The minimum absolute atomic E-state index is 0.00642. The summed E-state index contributed by atoms with van der Waals surface area (Å²) in [6.07, 6.45) is 2.70. The second-order valence-electron chi connectivity index (χ2n) is 8.63. The molecule has 0 bridgehead atoms. The first-order chi connectivity index (χ1) is 18.1. The number of carbonyl (C=O) groups excluding carboxylic acids is 1. The lowest BCUT2D eigenvalue weighted by Crippen LogP contribution is -2.49. The van der Waals surface area contributed by atoms with Crippen LogP contribution in [0.15, 0.2) is 71.6 Å². The molecule has 0 saturated carbocycles. The summed E-state index contributed by atoms with van der Waals surface area (Å²) >= 11 is 12.3. The molecule has 0 aliphatic carbocycles. The van der Waals surface area contributed by atoms with Gasteiger partial charge in [0.2, 0.25) is 15.9 Å². The summed E-state index contributed by atoms with van der Waals surface area (Å²) in [6.45, 7) is 3.16. The van der Waals surface area contributed by atoms with Gasteiger partial charge in [-0.15, -0.1) is 0 Å². The Kier molecular flexibility index (Phi) is 8.37. The monoisotopic (exact) mass is 574 g/mol. The Morgan fingerprint density at radius 3 is 2.34 bits per heavy atom. The Morgan fingerprint density at radius 2 is 1.68 bits per heavy atom. The summed E-state index contributed by atoms with van der Waals surface area (Å²) < 4.78 is 27.6. The molecular weight excluding hydrogens is 551 g/mol. The zero-order valence-electron chi connectivity index (χ0n) is 20.3.